The molecule has 0 aromatic carbocycles. The van der Waals surface area contributed by atoms with E-state index >= 15 is 0 Å². The van der Waals surface area contributed by atoms with Crippen LogP contribution in [0.2, 0.25) is 0 Å². The molecule has 10 heteroatoms. The maximum Gasteiger partial charge on any atom is 0.407 e. The zero-order valence-corrected chi connectivity index (χ0v) is 44.7. The quantitative estimate of drug-likeness (QED) is 0.0453. The monoisotopic (exact) mass is 926 g/mol. The normalized spacial score (nSPS) is 28.1. The van der Waals surface area contributed by atoms with E-state index < -0.39 is 17.3 Å². The van der Waals surface area contributed by atoms with Gasteiger partial charge in [-0.25, -0.2) is 9.59 Å². The van der Waals surface area contributed by atoms with Gasteiger partial charge in [0.25, 0.3) is 0 Å². The Morgan fingerprint density at radius 3 is 1.97 bits per heavy atom. The van der Waals surface area contributed by atoms with Crippen molar-refractivity contribution in [1.82, 2.24) is 15.5 Å². The first-order valence-corrected chi connectivity index (χ1v) is 27.0. The van der Waals surface area contributed by atoms with Crippen LogP contribution in [0, 0.1) is 52.3 Å². The molecule has 0 bridgehead atoms. The number of hydrogen-bond donors (Lipinski definition) is 2. The van der Waals surface area contributed by atoms with Crippen LogP contribution in [0.1, 0.15) is 225 Å². The number of fused-ring (bicyclic) bond motifs is 5. The number of carbonyl (C=O) groups excluding carboxylic acids is 4. The summed E-state index contributed by atoms with van der Waals surface area (Å²) in [5.41, 5.74) is 1.05. The van der Waals surface area contributed by atoms with Crippen molar-refractivity contribution >= 4 is 24.1 Å². The van der Waals surface area contributed by atoms with Crippen LogP contribution in [-0.2, 0) is 23.8 Å². The molecule has 0 radical (unpaired) electrons. The summed E-state index contributed by atoms with van der Waals surface area (Å²) in [4.78, 5) is 53.6. The van der Waals surface area contributed by atoms with Crippen molar-refractivity contribution in [2.45, 2.75) is 255 Å². The van der Waals surface area contributed by atoms with Gasteiger partial charge in [-0.05, 0) is 178 Å². The molecule has 380 valence electrons. The Balaban J connectivity index is 1.26. The average Bonchev–Trinajstić information content (AvgIpc) is 3.56. The molecule has 3 fully saturated rings. The molecule has 0 saturated heterocycles. The van der Waals surface area contributed by atoms with E-state index in [4.69, 9.17) is 14.2 Å². The fraction of sp³-hybridized carbons (Fsp3) is 0.893. The van der Waals surface area contributed by atoms with E-state index in [-0.39, 0.29) is 54.4 Å². The summed E-state index contributed by atoms with van der Waals surface area (Å²) in [6.45, 7) is 31.1. The lowest BCUT2D eigenvalue weighted by atomic mass is 9.47. The van der Waals surface area contributed by atoms with Gasteiger partial charge in [-0.2, -0.15) is 0 Å². The number of hydrogen-bond acceptors (Lipinski definition) is 7. The molecule has 0 aromatic rings. The number of unbranched alkanes of at least 4 members (excludes halogenated alkanes) is 4. The summed E-state index contributed by atoms with van der Waals surface area (Å²) in [5.74, 6) is 5.24. The zero-order valence-electron chi connectivity index (χ0n) is 44.7. The van der Waals surface area contributed by atoms with Crippen molar-refractivity contribution < 1.29 is 33.4 Å². The Bertz CT molecular complexity index is 1600. The van der Waals surface area contributed by atoms with Gasteiger partial charge in [0.05, 0.1) is 6.42 Å². The van der Waals surface area contributed by atoms with E-state index in [1.165, 1.54) is 56.9 Å². The molecular weight excluding hydrogens is 827 g/mol. The van der Waals surface area contributed by atoms with Crippen LogP contribution < -0.4 is 10.6 Å². The Kier molecular flexibility index (Phi) is 20.9. The van der Waals surface area contributed by atoms with Gasteiger partial charge in [0.1, 0.15) is 17.3 Å². The van der Waals surface area contributed by atoms with Crippen molar-refractivity contribution in [2.24, 2.45) is 52.3 Å². The number of carbonyl (C=O) groups is 4. The zero-order chi connectivity index (χ0) is 49.0. The standard InChI is InChI=1S/C56H99N3O7/c1-15-42(38(2)3)23-22-39(4)46-26-27-47-45-25-24-43-37-44(30-33-55(43,13)48(45)31-34-56(46,47)14)64-50(61)29-28-49(60)59(36-32-41(6)58-52(63)66-54(10,11)12)35-20-18-16-17-19-21-40(5)57-51(62)65-53(7,8)9/h24,38-42,44-48H,15-23,25-37H2,1-14H3,(H,57,62)(H,58,63)/t39-,40?,41?,42-,44+,45+,46-,47?,48?,55+,56-/m1/s1. The van der Waals surface area contributed by atoms with Gasteiger partial charge in [0.2, 0.25) is 5.91 Å². The third-order valence-electron chi connectivity index (χ3n) is 16.9. The van der Waals surface area contributed by atoms with Crippen LogP contribution in [0.15, 0.2) is 11.6 Å². The van der Waals surface area contributed by atoms with E-state index in [1.807, 2.05) is 60.3 Å². The number of esters is 1. The first kappa shape index (κ1) is 55.8. The maximum atomic E-state index is 13.7. The second-order valence-corrected chi connectivity index (χ2v) is 24.6. The highest BCUT2D eigenvalue weighted by molar-refractivity contribution is 5.81. The third-order valence-corrected chi connectivity index (χ3v) is 16.9. The van der Waals surface area contributed by atoms with Crippen molar-refractivity contribution in [2.75, 3.05) is 13.1 Å². The van der Waals surface area contributed by atoms with E-state index in [9.17, 15) is 19.2 Å². The van der Waals surface area contributed by atoms with E-state index in [0.29, 0.717) is 30.8 Å². The van der Waals surface area contributed by atoms with Gasteiger partial charge in [0.15, 0.2) is 0 Å². The van der Waals surface area contributed by atoms with Crippen LogP contribution in [0.25, 0.3) is 0 Å². The molecule has 10 nitrogen and oxygen atoms in total. The van der Waals surface area contributed by atoms with Crippen molar-refractivity contribution in [3.05, 3.63) is 11.6 Å². The van der Waals surface area contributed by atoms with E-state index in [2.05, 4.69) is 58.3 Å². The second-order valence-electron chi connectivity index (χ2n) is 24.6. The number of alkyl carbamates (subject to hydrolysis) is 2. The highest BCUT2D eigenvalue weighted by atomic mass is 16.6. The van der Waals surface area contributed by atoms with E-state index in [0.717, 1.165) is 93.3 Å². The SMILES string of the molecule is CC[C@H](CC[C@@H](C)[C@H]1CCC2[C@@H]3CC=C4C[C@@H](OC(=O)CCC(=O)N(CCCCCCCC(C)NC(=O)OC(C)(C)C)CCC(C)NC(=O)OC(C)(C)C)CC[C@]4(C)C3CC[C@@]21C)C(C)C. The molecule has 4 aliphatic rings. The van der Waals surface area contributed by atoms with Crippen LogP contribution in [0.4, 0.5) is 9.59 Å². The molecule has 2 N–H and O–H groups in total. The Hall–Kier alpha value is -2.78. The number of ether oxygens (including phenoxy) is 3. The summed E-state index contributed by atoms with van der Waals surface area (Å²) in [5, 5.41) is 5.82. The number of amides is 3. The first-order chi connectivity index (χ1) is 30.8. The molecule has 4 unspecified atom stereocenters. The average molecular weight is 926 g/mol. The molecule has 0 aromatic heterocycles. The molecule has 0 spiro atoms. The molecular formula is C56H99N3O7. The first-order valence-electron chi connectivity index (χ1n) is 27.0. The van der Waals surface area contributed by atoms with Crippen LogP contribution >= 0.6 is 0 Å². The molecule has 3 saturated carbocycles. The fourth-order valence-electron chi connectivity index (χ4n) is 13.2. The topological polar surface area (TPSA) is 123 Å². The minimum Gasteiger partial charge on any atom is -0.462 e. The Labute approximate surface area is 403 Å². The van der Waals surface area contributed by atoms with E-state index in [1.54, 1.807) is 0 Å². The molecule has 3 amide bonds. The molecule has 0 heterocycles. The minimum atomic E-state index is -0.595. The largest absolute Gasteiger partial charge is 0.462 e. The highest BCUT2D eigenvalue weighted by Crippen LogP contribution is 2.67. The van der Waals surface area contributed by atoms with Crippen molar-refractivity contribution in [3.63, 3.8) is 0 Å². The number of nitrogens with one attached hydrogen (secondary N) is 2. The molecule has 11 atom stereocenters. The predicted molar refractivity (Wildman–Crippen MR) is 268 cm³/mol. The Morgan fingerprint density at radius 2 is 1.35 bits per heavy atom. The molecule has 4 rings (SSSR count). The maximum absolute atomic E-state index is 13.7. The van der Waals surface area contributed by atoms with Crippen LogP contribution in [0.3, 0.4) is 0 Å². The number of nitrogens with zero attached hydrogens (tertiary/aromatic N) is 1. The van der Waals surface area contributed by atoms with Gasteiger partial charge in [-0.15, -0.1) is 0 Å². The highest BCUT2D eigenvalue weighted by Gasteiger charge is 2.59. The molecule has 0 aliphatic heterocycles. The minimum absolute atomic E-state index is 0.0345. The summed E-state index contributed by atoms with van der Waals surface area (Å²) in [7, 11) is 0. The van der Waals surface area contributed by atoms with Gasteiger partial charge in [0, 0.05) is 38.0 Å². The lowest BCUT2D eigenvalue weighted by molar-refractivity contribution is -0.153. The lowest BCUT2D eigenvalue weighted by Crippen LogP contribution is -2.51. The summed E-state index contributed by atoms with van der Waals surface area (Å²) < 4.78 is 17.0. The summed E-state index contributed by atoms with van der Waals surface area (Å²) in [6.07, 6.45) is 21.6. The number of rotatable bonds is 23. The Morgan fingerprint density at radius 1 is 0.727 bits per heavy atom. The molecule has 4 aliphatic carbocycles. The fourth-order valence-corrected chi connectivity index (χ4v) is 13.2. The van der Waals surface area contributed by atoms with Gasteiger partial charge >= 0.3 is 18.2 Å². The summed E-state index contributed by atoms with van der Waals surface area (Å²) >= 11 is 0. The van der Waals surface area contributed by atoms with Gasteiger partial charge in [-0.1, -0.05) is 91.7 Å². The summed E-state index contributed by atoms with van der Waals surface area (Å²) in [6, 6.07) is -0.153. The van der Waals surface area contributed by atoms with Crippen molar-refractivity contribution in [1.29, 1.82) is 0 Å². The van der Waals surface area contributed by atoms with Crippen LogP contribution in [-0.4, -0.2) is 71.4 Å². The lowest BCUT2D eigenvalue weighted by Gasteiger charge is -2.58. The number of allylic oxidation sites excluding steroid dienone is 1. The predicted octanol–water partition coefficient (Wildman–Crippen LogP) is 13.7. The molecule has 66 heavy (non-hydrogen) atoms. The van der Waals surface area contributed by atoms with Crippen LogP contribution in [0.5, 0.6) is 0 Å². The third kappa shape index (κ3) is 16.4. The smallest absolute Gasteiger partial charge is 0.407 e. The van der Waals surface area contributed by atoms with Gasteiger partial charge < -0.3 is 29.7 Å². The van der Waals surface area contributed by atoms with Gasteiger partial charge in [-0.3, -0.25) is 9.59 Å². The van der Waals surface area contributed by atoms with Crippen molar-refractivity contribution in [3.8, 4) is 0 Å². The second kappa shape index (κ2) is 24.7.